The van der Waals surface area contributed by atoms with Gasteiger partial charge in [0.05, 0.1) is 0 Å². The molecule has 0 saturated heterocycles. The number of hydrogen-bond donors (Lipinski definition) is 1. The van der Waals surface area contributed by atoms with Crippen LogP contribution in [0, 0.1) is 5.92 Å². The molecule has 3 nitrogen and oxygen atoms in total. The molecule has 1 fully saturated rings. The minimum Gasteiger partial charge on any atom is -0.481 e. The van der Waals surface area contributed by atoms with E-state index in [4.69, 9.17) is 5.11 Å². The molecule has 2 rings (SSSR count). The van der Waals surface area contributed by atoms with Gasteiger partial charge in [0.2, 0.25) is 0 Å². The largest absolute Gasteiger partial charge is 0.481 e. The minimum absolute atomic E-state index is 0.167. The zero-order valence-electron chi connectivity index (χ0n) is 16.9. The van der Waals surface area contributed by atoms with Crippen molar-refractivity contribution in [2.24, 2.45) is 5.92 Å². The molecule has 1 aliphatic carbocycles. The van der Waals surface area contributed by atoms with E-state index in [1.165, 1.54) is 36.8 Å². The van der Waals surface area contributed by atoms with Gasteiger partial charge in [0, 0.05) is 18.8 Å². The molecule has 1 unspecified atom stereocenters. The van der Waals surface area contributed by atoms with Crippen molar-refractivity contribution >= 4 is 11.8 Å². The standard InChI is InChI=1S/C24H36O3/c1-2-3-4-7-10-19-13-15-20(16-14-19)21-17-18-23(25)22(21)11-8-5-6-9-12-24(26)27/h13-16,21-22H,2-12,17-18H2,1H3,(H,26,27)/t21?,22-/m1/s1. The smallest absolute Gasteiger partial charge is 0.303 e. The number of unbranched alkanes of at least 4 members (excludes halogenated alkanes) is 6. The van der Waals surface area contributed by atoms with Crippen LogP contribution in [0.4, 0.5) is 0 Å². The minimum atomic E-state index is -0.713. The van der Waals surface area contributed by atoms with Crippen molar-refractivity contribution in [3.05, 3.63) is 35.4 Å². The molecule has 0 aliphatic heterocycles. The summed E-state index contributed by atoms with van der Waals surface area (Å²) in [6.45, 7) is 2.24. The van der Waals surface area contributed by atoms with E-state index in [0.717, 1.165) is 44.9 Å². The molecule has 1 aromatic carbocycles. The number of carboxylic acid groups (broad SMARTS) is 1. The highest BCUT2D eigenvalue weighted by atomic mass is 16.4. The first-order chi connectivity index (χ1) is 13.1. The fourth-order valence-electron chi connectivity index (χ4n) is 4.35. The number of hydrogen-bond acceptors (Lipinski definition) is 2. The van der Waals surface area contributed by atoms with E-state index in [0.29, 0.717) is 18.1 Å². The van der Waals surface area contributed by atoms with Crippen molar-refractivity contribution in [3.63, 3.8) is 0 Å². The maximum atomic E-state index is 12.4. The third-order valence-electron chi connectivity index (χ3n) is 5.98. The van der Waals surface area contributed by atoms with Crippen LogP contribution >= 0.6 is 0 Å². The van der Waals surface area contributed by atoms with Crippen LogP contribution in [0.5, 0.6) is 0 Å². The Morgan fingerprint density at radius 1 is 1.00 bits per heavy atom. The maximum absolute atomic E-state index is 12.4. The van der Waals surface area contributed by atoms with Gasteiger partial charge in [-0.15, -0.1) is 0 Å². The van der Waals surface area contributed by atoms with Gasteiger partial charge in [-0.3, -0.25) is 9.59 Å². The fraction of sp³-hybridized carbons (Fsp3) is 0.667. The lowest BCUT2D eigenvalue weighted by Crippen LogP contribution is -2.13. The van der Waals surface area contributed by atoms with Crippen molar-refractivity contribution in [2.45, 2.75) is 96.3 Å². The van der Waals surface area contributed by atoms with Crippen molar-refractivity contribution < 1.29 is 14.7 Å². The molecule has 0 spiro atoms. The molecule has 150 valence electrons. The van der Waals surface area contributed by atoms with Gasteiger partial charge in [0.25, 0.3) is 0 Å². The molecule has 0 heterocycles. The van der Waals surface area contributed by atoms with Gasteiger partial charge >= 0.3 is 5.97 Å². The number of ketones is 1. The van der Waals surface area contributed by atoms with E-state index in [1.54, 1.807) is 0 Å². The molecule has 3 heteroatoms. The summed E-state index contributed by atoms with van der Waals surface area (Å²) in [5.74, 6) is 0.259. The number of Topliss-reactive ketones (excluding diaryl/α,β-unsaturated/α-hetero) is 1. The second kappa shape index (κ2) is 11.9. The lowest BCUT2D eigenvalue weighted by Gasteiger charge is -2.19. The van der Waals surface area contributed by atoms with Crippen molar-refractivity contribution in [2.75, 3.05) is 0 Å². The Balaban J connectivity index is 1.79. The summed E-state index contributed by atoms with van der Waals surface area (Å²) >= 11 is 0. The molecule has 0 bridgehead atoms. The summed E-state index contributed by atoms with van der Waals surface area (Å²) in [5, 5.41) is 8.68. The monoisotopic (exact) mass is 372 g/mol. The number of aliphatic carboxylic acids is 1. The Morgan fingerprint density at radius 3 is 2.41 bits per heavy atom. The summed E-state index contributed by atoms with van der Waals surface area (Å²) in [4.78, 5) is 22.9. The van der Waals surface area contributed by atoms with Gasteiger partial charge < -0.3 is 5.11 Å². The van der Waals surface area contributed by atoms with Gasteiger partial charge in [-0.25, -0.2) is 0 Å². The lowest BCUT2D eigenvalue weighted by molar-refractivity contribution is -0.137. The maximum Gasteiger partial charge on any atom is 0.303 e. The quantitative estimate of drug-likeness (QED) is 0.414. The Hall–Kier alpha value is -1.64. The highest BCUT2D eigenvalue weighted by molar-refractivity contribution is 5.84. The van der Waals surface area contributed by atoms with Gasteiger partial charge in [-0.1, -0.05) is 69.7 Å². The number of carbonyl (C=O) groups is 2. The van der Waals surface area contributed by atoms with Gasteiger partial charge in [0.15, 0.2) is 0 Å². The first kappa shape index (κ1) is 21.7. The molecule has 27 heavy (non-hydrogen) atoms. The first-order valence-corrected chi connectivity index (χ1v) is 10.9. The second-order valence-corrected chi connectivity index (χ2v) is 8.12. The average molecular weight is 373 g/mol. The van der Waals surface area contributed by atoms with Gasteiger partial charge in [0.1, 0.15) is 5.78 Å². The summed E-state index contributed by atoms with van der Waals surface area (Å²) in [7, 11) is 0. The molecule has 0 aromatic heterocycles. The Morgan fingerprint density at radius 2 is 1.70 bits per heavy atom. The molecule has 1 N–H and O–H groups in total. The second-order valence-electron chi connectivity index (χ2n) is 8.12. The van der Waals surface area contributed by atoms with Crippen LogP contribution in [0.1, 0.15) is 101 Å². The molecule has 1 aromatic rings. The predicted octanol–water partition coefficient (Wildman–Crippen LogP) is 6.30. The molecule has 0 amide bonds. The highest BCUT2D eigenvalue weighted by Gasteiger charge is 2.34. The fourth-order valence-corrected chi connectivity index (χ4v) is 4.35. The number of carbonyl (C=O) groups excluding carboxylic acids is 1. The summed E-state index contributed by atoms with van der Waals surface area (Å²) in [6.07, 6.45) is 13.0. The lowest BCUT2D eigenvalue weighted by atomic mass is 9.84. The zero-order valence-corrected chi connectivity index (χ0v) is 16.9. The number of benzene rings is 1. The summed E-state index contributed by atoms with van der Waals surface area (Å²) in [5.41, 5.74) is 2.74. The van der Waals surface area contributed by atoms with Crippen LogP contribution in [0.15, 0.2) is 24.3 Å². The van der Waals surface area contributed by atoms with E-state index >= 15 is 0 Å². The van der Waals surface area contributed by atoms with Crippen LogP contribution in [0.2, 0.25) is 0 Å². The topological polar surface area (TPSA) is 54.4 Å². The normalized spacial score (nSPS) is 19.5. The third kappa shape index (κ3) is 7.48. The van der Waals surface area contributed by atoms with E-state index in [-0.39, 0.29) is 12.3 Å². The van der Waals surface area contributed by atoms with E-state index in [9.17, 15) is 9.59 Å². The first-order valence-electron chi connectivity index (χ1n) is 10.9. The number of carboxylic acids is 1. The van der Waals surface area contributed by atoms with E-state index in [2.05, 4.69) is 31.2 Å². The average Bonchev–Trinajstić information content (AvgIpc) is 3.02. The van der Waals surface area contributed by atoms with Crippen LogP contribution < -0.4 is 0 Å². The molecule has 1 saturated carbocycles. The molecular weight excluding hydrogens is 336 g/mol. The molecular formula is C24H36O3. The van der Waals surface area contributed by atoms with Crippen LogP contribution in [0.3, 0.4) is 0 Å². The Kier molecular flexibility index (Phi) is 9.58. The van der Waals surface area contributed by atoms with Crippen LogP contribution in [-0.2, 0) is 16.0 Å². The van der Waals surface area contributed by atoms with Gasteiger partial charge in [-0.2, -0.15) is 0 Å². The van der Waals surface area contributed by atoms with E-state index in [1.807, 2.05) is 0 Å². The molecule has 0 radical (unpaired) electrons. The summed E-state index contributed by atoms with van der Waals surface area (Å²) in [6, 6.07) is 9.01. The SMILES string of the molecule is CCCCCCc1ccc(C2CCC(=O)[C@@H]2CCCCCCC(=O)O)cc1. The number of aryl methyl sites for hydroxylation is 1. The zero-order chi connectivity index (χ0) is 19.5. The van der Waals surface area contributed by atoms with Crippen molar-refractivity contribution in [1.82, 2.24) is 0 Å². The van der Waals surface area contributed by atoms with Gasteiger partial charge in [-0.05, 0) is 49.1 Å². The summed E-state index contributed by atoms with van der Waals surface area (Å²) < 4.78 is 0. The van der Waals surface area contributed by atoms with Crippen molar-refractivity contribution in [3.8, 4) is 0 Å². The molecule has 2 atom stereocenters. The van der Waals surface area contributed by atoms with Crippen LogP contribution in [0.25, 0.3) is 0 Å². The van der Waals surface area contributed by atoms with Crippen LogP contribution in [-0.4, -0.2) is 16.9 Å². The van der Waals surface area contributed by atoms with E-state index < -0.39 is 5.97 Å². The molecule has 1 aliphatic rings. The highest BCUT2D eigenvalue weighted by Crippen LogP contribution is 2.40. The van der Waals surface area contributed by atoms with Crippen molar-refractivity contribution in [1.29, 1.82) is 0 Å². The Bertz CT molecular complexity index is 576. The number of rotatable bonds is 13. The predicted molar refractivity (Wildman–Crippen MR) is 110 cm³/mol. The third-order valence-corrected chi connectivity index (χ3v) is 5.98. The Labute approximate surface area is 164 Å².